The van der Waals surface area contributed by atoms with Crippen LogP contribution in [-0.2, 0) is 38.3 Å². The summed E-state index contributed by atoms with van der Waals surface area (Å²) in [4.78, 5) is 97.2. The highest BCUT2D eigenvalue weighted by molar-refractivity contribution is 8.00. The third kappa shape index (κ3) is 11.2. The highest BCUT2D eigenvalue weighted by Crippen LogP contribution is 2.47. The number of anilines is 2. The topological polar surface area (TPSA) is 239 Å². The highest BCUT2D eigenvalue weighted by Gasteiger charge is 2.40. The van der Waals surface area contributed by atoms with Gasteiger partial charge in [0.25, 0.3) is 0 Å². The second kappa shape index (κ2) is 20.5. The summed E-state index contributed by atoms with van der Waals surface area (Å²) >= 11 is 2.85. The van der Waals surface area contributed by atoms with Gasteiger partial charge in [0.05, 0.1) is 24.6 Å². The lowest BCUT2D eigenvalue weighted by Crippen LogP contribution is -2.70. The van der Waals surface area contributed by atoms with Crippen LogP contribution in [0.4, 0.5) is 11.4 Å². The largest absolute Gasteiger partial charge is 0.465 e. The first-order valence-corrected chi connectivity index (χ1v) is 21.4. The van der Waals surface area contributed by atoms with Gasteiger partial charge in [-0.1, -0.05) is 12.1 Å². The first-order valence-electron chi connectivity index (χ1n) is 19.3. The first-order chi connectivity index (χ1) is 27.8. The monoisotopic (exact) mass is 836 g/mol. The van der Waals surface area contributed by atoms with Gasteiger partial charge in [0, 0.05) is 75.8 Å². The number of nitrogens with one attached hydrogen (secondary N) is 4. The Morgan fingerprint density at radius 3 is 1.55 bits per heavy atom. The molecule has 58 heavy (non-hydrogen) atoms. The third-order valence-corrected chi connectivity index (χ3v) is 12.7. The average molecular weight is 837 g/mol. The maximum Gasteiger partial charge on any atom is 0.302 e. The Balaban J connectivity index is 1.16. The summed E-state index contributed by atoms with van der Waals surface area (Å²) in [6.07, 6.45) is 2.93. The number of rotatable bonds is 20. The van der Waals surface area contributed by atoms with E-state index in [4.69, 9.17) is 16.2 Å². The Labute approximate surface area is 345 Å². The van der Waals surface area contributed by atoms with E-state index in [-0.39, 0.29) is 80.8 Å². The minimum Gasteiger partial charge on any atom is -0.465 e. The number of esters is 1. The number of benzene rings is 2. The molecular weight excluding hydrogens is 785 g/mol. The van der Waals surface area contributed by atoms with Crippen molar-refractivity contribution in [2.75, 3.05) is 55.9 Å². The van der Waals surface area contributed by atoms with Crippen molar-refractivity contribution in [3.63, 3.8) is 0 Å². The summed E-state index contributed by atoms with van der Waals surface area (Å²) in [5.74, 6) is -0.104. The summed E-state index contributed by atoms with van der Waals surface area (Å²) in [6, 6.07) is 10.8. The SMILES string of the molecule is C[NH+]=C(N)CCCSC1CC(=O)N(CCC(=O)Nc2ccc3c(c2)C(COC(C)=O)c2cc(NC(=O)CCN4C(=O)CC(SCCCC(N)=[NH+]C)C4=O)ccc2-3)C1=O. The first kappa shape index (κ1) is 43.9. The Bertz CT molecular complexity index is 1870. The normalized spacial score (nSPS) is 19.1. The summed E-state index contributed by atoms with van der Waals surface area (Å²) in [5, 5.41) is 4.80. The molecule has 16 nitrogen and oxygen atoms in total. The fourth-order valence-electron chi connectivity index (χ4n) is 7.03. The maximum atomic E-state index is 13.1. The molecule has 5 rings (SSSR count). The molecule has 0 bridgehead atoms. The Hall–Kier alpha value is -5.23. The van der Waals surface area contributed by atoms with Gasteiger partial charge in [-0.2, -0.15) is 0 Å². The molecule has 1 aliphatic carbocycles. The molecule has 310 valence electrons. The van der Waals surface area contributed by atoms with Gasteiger partial charge >= 0.3 is 5.97 Å². The number of amides is 6. The van der Waals surface area contributed by atoms with Crippen molar-refractivity contribution < 1.29 is 48.3 Å². The summed E-state index contributed by atoms with van der Waals surface area (Å²) in [5.41, 5.74) is 15.9. The van der Waals surface area contributed by atoms with E-state index in [1.165, 1.54) is 30.4 Å². The standard InChI is InChI=1S/C40H50N8O8S2/c1-23(49)56-22-30-28-18-24(45-35(50)12-14-47-37(52)20-31(39(47)54)57-16-4-6-33(41)43-2)8-10-26(28)27-11-9-25(19-29(27)30)46-36(51)13-15-48-38(53)21-32(40(48)55)58-17-5-7-34(42)44-3/h8-11,18-19,30-32H,4-7,12-17,20-22H2,1-3H3,(H2,41,43)(H2,42,44)(H,45,50)(H,46,51)/p+2. The molecule has 18 heteroatoms. The van der Waals surface area contributed by atoms with Crippen LogP contribution in [0.15, 0.2) is 36.4 Å². The van der Waals surface area contributed by atoms with Crippen molar-refractivity contribution >= 4 is 88.0 Å². The van der Waals surface area contributed by atoms with Gasteiger partial charge in [0.1, 0.15) is 6.61 Å². The minimum absolute atomic E-state index is 0.0170. The number of carbonyl (C=O) groups is 7. The van der Waals surface area contributed by atoms with E-state index in [0.717, 1.165) is 44.9 Å². The van der Waals surface area contributed by atoms with Crippen LogP contribution in [0.25, 0.3) is 11.1 Å². The summed E-state index contributed by atoms with van der Waals surface area (Å²) in [7, 11) is 3.50. The second-order valence-corrected chi connectivity index (χ2v) is 16.8. The number of carbonyl (C=O) groups excluding carboxylic acids is 7. The number of imide groups is 2. The zero-order valence-corrected chi connectivity index (χ0v) is 34.7. The number of thioether (sulfide) groups is 2. The zero-order chi connectivity index (χ0) is 41.9. The van der Waals surface area contributed by atoms with Gasteiger partial charge in [-0.15, -0.1) is 23.5 Å². The number of nitrogens with two attached hydrogens (primary N) is 2. The quantitative estimate of drug-likeness (QED) is 0.0324. The lowest BCUT2D eigenvalue weighted by molar-refractivity contribution is -0.422. The molecule has 2 unspecified atom stereocenters. The van der Waals surface area contributed by atoms with Crippen LogP contribution < -0.4 is 32.1 Å². The van der Waals surface area contributed by atoms with Crippen LogP contribution >= 0.6 is 23.5 Å². The van der Waals surface area contributed by atoms with E-state index in [1.54, 1.807) is 26.2 Å². The highest BCUT2D eigenvalue weighted by atomic mass is 32.2. The van der Waals surface area contributed by atoms with E-state index in [1.807, 2.05) is 24.3 Å². The number of hydrogen-bond donors (Lipinski definition) is 6. The molecule has 3 aliphatic rings. The summed E-state index contributed by atoms with van der Waals surface area (Å²) in [6.45, 7) is 1.28. The Morgan fingerprint density at radius 1 is 0.724 bits per heavy atom. The molecule has 0 spiro atoms. The van der Waals surface area contributed by atoms with Crippen molar-refractivity contribution in [1.82, 2.24) is 9.80 Å². The van der Waals surface area contributed by atoms with E-state index in [9.17, 15) is 33.6 Å². The van der Waals surface area contributed by atoms with E-state index in [2.05, 4.69) is 20.6 Å². The minimum atomic E-state index is -0.472. The van der Waals surface area contributed by atoms with Crippen LogP contribution in [-0.4, -0.2) is 119 Å². The molecule has 0 saturated carbocycles. The zero-order valence-electron chi connectivity index (χ0n) is 33.0. The number of fused-ring (bicyclic) bond motifs is 3. The van der Waals surface area contributed by atoms with Gasteiger partial charge in [0.15, 0.2) is 0 Å². The van der Waals surface area contributed by atoms with Crippen LogP contribution in [0.1, 0.15) is 75.3 Å². The number of nitrogens with zero attached hydrogens (tertiary/aromatic N) is 2. The van der Waals surface area contributed by atoms with Crippen molar-refractivity contribution in [3.05, 3.63) is 47.5 Å². The van der Waals surface area contributed by atoms with Gasteiger partial charge < -0.3 is 15.4 Å². The molecule has 2 aliphatic heterocycles. The van der Waals surface area contributed by atoms with Crippen LogP contribution in [0.5, 0.6) is 0 Å². The lowest BCUT2D eigenvalue weighted by Gasteiger charge is -2.17. The number of likely N-dealkylation sites (tertiary alicyclic amines) is 2. The predicted octanol–water partition coefficient (Wildman–Crippen LogP) is -0.564. The van der Waals surface area contributed by atoms with Gasteiger partial charge in [0.2, 0.25) is 47.1 Å². The number of hydrogen-bond acceptors (Lipinski definition) is 10. The van der Waals surface area contributed by atoms with Crippen LogP contribution in [0.2, 0.25) is 0 Å². The van der Waals surface area contributed by atoms with Crippen LogP contribution in [0.3, 0.4) is 0 Å². The smallest absolute Gasteiger partial charge is 0.302 e. The number of ether oxygens (including phenoxy) is 1. The molecule has 2 aromatic carbocycles. The maximum absolute atomic E-state index is 13.1. The molecule has 2 heterocycles. The molecular formula is C40H52N8O8S2+2. The molecule has 2 saturated heterocycles. The lowest BCUT2D eigenvalue weighted by atomic mass is 9.97. The van der Waals surface area contributed by atoms with Crippen LogP contribution in [0, 0.1) is 0 Å². The van der Waals surface area contributed by atoms with Gasteiger partial charge in [-0.3, -0.25) is 64.8 Å². The Morgan fingerprint density at radius 2 is 1.16 bits per heavy atom. The van der Waals surface area contributed by atoms with Crippen molar-refractivity contribution in [1.29, 1.82) is 0 Å². The number of amidine groups is 2. The Kier molecular flexibility index (Phi) is 15.5. The second-order valence-electron chi connectivity index (χ2n) is 14.2. The average Bonchev–Trinajstić information content (AvgIpc) is 3.76. The fraction of sp³-hybridized carbons (Fsp3) is 0.475. The van der Waals surface area contributed by atoms with Gasteiger partial charge in [-0.05, 0) is 70.9 Å². The van der Waals surface area contributed by atoms with E-state index < -0.39 is 22.4 Å². The fourth-order valence-corrected chi connectivity index (χ4v) is 9.28. The molecule has 6 amide bonds. The predicted molar refractivity (Wildman–Crippen MR) is 223 cm³/mol. The summed E-state index contributed by atoms with van der Waals surface area (Å²) < 4.78 is 5.45. The third-order valence-electron chi connectivity index (χ3n) is 10.2. The molecule has 8 N–H and O–H groups in total. The molecule has 2 aromatic rings. The van der Waals surface area contributed by atoms with E-state index >= 15 is 0 Å². The molecule has 0 radical (unpaired) electrons. The molecule has 0 aromatic heterocycles. The molecule has 2 fully saturated rings. The van der Waals surface area contributed by atoms with Gasteiger partial charge in [-0.25, -0.2) is 0 Å². The van der Waals surface area contributed by atoms with Crippen molar-refractivity contribution in [3.8, 4) is 11.1 Å². The molecule has 2 atom stereocenters. The van der Waals surface area contributed by atoms with Crippen molar-refractivity contribution in [2.24, 2.45) is 11.5 Å². The van der Waals surface area contributed by atoms with Crippen molar-refractivity contribution in [2.45, 2.75) is 74.7 Å². The van der Waals surface area contributed by atoms with E-state index in [0.29, 0.717) is 47.4 Å².